The van der Waals surface area contributed by atoms with Gasteiger partial charge in [0.15, 0.2) is 0 Å². The second kappa shape index (κ2) is 12.4. The van der Waals surface area contributed by atoms with Crippen LogP contribution in [0.15, 0.2) is 107 Å². The zero-order valence-corrected chi connectivity index (χ0v) is 24.3. The quantitative estimate of drug-likeness (QED) is 0.156. The van der Waals surface area contributed by atoms with Gasteiger partial charge in [-0.3, -0.25) is 9.98 Å². The van der Waals surface area contributed by atoms with E-state index in [9.17, 15) is 0 Å². The van der Waals surface area contributed by atoms with Crippen LogP contribution in [0.25, 0.3) is 21.8 Å². The molecule has 2 aliphatic rings. The summed E-state index contributed by atoms with van der Waals surface area (Å²) < 4.78 is 0. The average Bonchev–Trinajstić information content (AvgIpc) is 3.07. The average molecular weight is 551 g/mol. The normalized spacial score (nSPS) is 17.6. The van der Waals surface area contributed by atoms with Crippen LogP contribution in [0, 0.1) is 11.8 Å². The molecule has 4 heteroatoms. The SMILES string of the molecule is c1ccc(N=C(c2cccc3c2nnc2c(C(=Nc4ccccc4)C4CCCCC4)cccc23)C2CCCCC2)cc1. The van der Waals surface area contributed by atoms with Crippen molar-refractivity contribution in [2.75, 3.05) is 0 Å². The minimum Gasteiger partial charge on any atom is -0.252 e. The highest BCUT2D eigenvalue weighted by Crippen LogP contribution is 2.35. The summed E-state index contributed by atoms with van der Waals surface area (Å²) in [5.74, 6) is 0.869. The Morgan fingerprint density at radius 2 is 0.857 bits per heavy atom. The van der Waals surface area contributed by atoms with Crippen molar-refractivity contribution >= 4 is 44.6 Å². The lowest BCUT2D eigenvalue weighted by molar-refractivity contribution is 0.440. The van der Waals surface area contributed by atoms with Gasteiger partial charge in [0, 0.05) is 33.7 Å². The third-order valence-electron chi connectivity index (χ3n) is 9.16. The molecule has 0 aliphatic heterocycles. The minimum atomic E-state index is 0.435. The molecule has 2 fully saturated rings. The smallest absolute Gasteiger partial charge is 0.103 e. The minimum absolute atomic E-state index is 0.435. The first kappa shape index (κ1) is 26.7. The van der Waals surface area contributed by atoms with Gasteiger partial charge in [-0.15, -0.1) is 10.2 Å². The topological polar surface area (TPSA) is 50.5 Å². The summed E-state index contributed by atoms with van der Waals surface area (Å²) in [6.45, 7) is 0. The number of hydrogen-bond acceptors (Lipinski definition) is 4. The highest BCUT2D eigenvalue weighted by molar-refractivity contribution is 6.19. The molecule has 0 spiro atoms. The van der Waals surface area contributed by atoms with Gasteiger partial charge >= 0.3 is 0 Å². The summed E-state index contributed by atoms with van der Waals surface area (Å²) in [6, 6.07) is 33.9. The van der Waals surface area contributed by atoms with Crippen LogP contribution >= 0.6 is 0 Å². The van der Waals surface area contributed by atoms with Crippen LogP contribution in [-0.2, 0) is 0 Å². The number of fused-ring (bicyclic) bond motifs is 3. The standard InChI is InChI=1S/C38H38N4/c1-5-15-27(16-6-1)35(39-29-19-9-3-10-20-29)33-25-13-23-31-32-24-14-26-34(38(32)42-41-37(31)33)36(28-17-7-2-8-18-28)40-30-21-11-4-12-22-30/h3-4,9-14,19-28H,1-2,5-8,15-18H2. The van der Waals surface area contributed by atoms with Gasteiger partial charge in [0.25, 0.3) is 0 Å². The summed E-state index contributed by atoms with van der Waals surface area (Å²) in [5, 5.41) is 12.2. The molecule has 4 aromatic carbocycles. The largest absolute Gasteiger partial charge is 0.252 e. The molecule has 4 nitrogen and oxygen atoms in total. The van der Waals surface area contributed by atoms with Crippen molar-refractivity contribution in [2.45, 2.75) is 64.2 Å². The predicted molar refractivity (Wildman–Crippen MR) is 175 cm³/mol. The molecule has 7 rings (SSSR count). The lowest BCUT2D eigenvalue weighted by Crippen LogP contribution is -2.20. The number of aliphatic imine (C=N–C) groups is 2. The maximum absolute atomic E-state index is 5.27. The van der Waals surface area contributed by atoms with Crippen LogP contribution in [0.4, 0.5) is 11.4 Å². The van der Waals surface area contributed by atoms with Gasteiger partial charge in [-0.1, -0.05) is 111 Å². The Morgan fingerprint density at radius 3 is 1.26 bits per heavy atom. The molecule has 1 aromatic heterocycles. The van der Waals surface area contributed by atoms with E-state index in [1.54, 1.807) is 0 Å². The summed E-state index contributed by atoms with van der Waals surface area (Å²) in [5.41, 5.74) is 8.45. The Labute approximate surface area is 248 Å². The van der Waals surface area contributed by atoms with Gasteiger partial charge < -0.3 is 0 Å². The van der Waals surface area contributed by atoms with E-state index in [4.69, 9.17) is 20.2 Å². The van der Waals surface area contributed by atoms with Gasteiger partial charge in [-0.05, 0) is 49.9 Å². The Morgan fingerprint density at radius 1 is 0.452 bits per heavy atom. The van der Waals surface area contributed by atoms with Crippen LogP contribution < -0.4 is 0 Å². The summed E-state index contributed by atoms with van der Waals surface area (Å²) >= 11 is 0. The van der Waals surface area contributed by atoms with Crippen LogP contribution in [0.2, 0.25) is 0 Å². The zero-order chi connectivity index (χ0) is 28.1. The van der Waals surface area contributed by atoms with Crippen molar-refractivity contribution < 1.29 is 0 Å². The van der Waals surface area contributed by atoms with Crippen molar-refractivity contribution in [3.8, 4) is 0 Å². The van der Waals surface area contributed by atoms with Crippen LogP contribution in [-0.4, -0.2) is 21.6 Å². The Balaban J connectivity index is 1.39. The van der Waals surface area contributed by atoms with Gasteiger partial charge in [0.1, 0.15) is 11.0 Å². The number of rotatable bonds is 6. The van der Waals surface area contributed by atoms with Crippen LogP contribution in [0.1, 0.15) is 75.3 Å². The van der Waals surface area contributed by atoms with E-state index in [0.29, 0.717) is 11.8 Å². The Kier molecular flexibility index (Phi) is 7.86. The first-order valence-electron chi connectivity index (χ1n) is 15.8. The van der Waals surface area contributed by atoms with Crippen LogP contribution in [0.5, 0.6) is 0 Å². The lowest BCUT2D eigenvalue weighted by atomic mass is 9.82. The van der Waals surface area contributed by atoms with Gasteiger partial charge in [0.2, 0.25) is 0 Å². The van der Waals surface area contributed by atoms with E-state index in [1.807, 2.05) is 0 Å². The molecule has 0 unspecified atom stereocenters. The number of nitrogens with zero attached hydrogens (tertiary/aromatic N) is 4. The molecule has 0 radical (unpaired) electrons. The first-order valence-corrected chi connectivity index (χ1v) is 15.8. The summed E-state index contributed by atoms with van der Waals surface area (Å²) in [7, 11) is 0. The maximum Gasteiger partial charge on any atom is 0.103 e. The van der Waals surface area contributed by atoms with Crippen molar-refractivity contribution in [3.05, 3.63) is 108 Å². The summed E-state index contributed by atoms with van der Waals surface area (Å²) in [6.07, 6.45) is 12.3. The fourth-order valence-electron chi connectivity index (χ4n) is 7.03. The lowest BCUT2D eigenvalue weighted by Gasteiger charge is -2.25. The highest BCUT2D eigenvalue weighted by Gasteiger charge is 2.26. The third kappa shape index (κ3) is 5.51. The van der Waals surface area contributed by atoms with E-state index >= 15 is 0 Å². The van der Waals surface area contributed by atoms with Crippen LogP contribution in [0.3, 0.4) is 0 Å². The fraction of sp³-hybridized carbons (Fsp3) is 0.316. The van der Waals surface area contributed by atoms with Crippen molar-refractivity contribution in [1.29, 1.82) is 0 Å². The molecule has 210 valence electrons. The van der Waals surface area contributed by atoms with Crippen molar-refractivity contribution in [2.24, 2.45) is 21.8 Å². The van der Waals surface area contributed by atoms with E-state index in [2.05, 4.69) is 97.1 Å². The van der Waals surface area contributed by atoms with E-state index in [-0.39, 0.29) is 0 Å². The Hall–Kier alpha value is -4.18. The molecule has 2 saturated carbocycles. The van der Waals surface area contributed by atoms with E-state index in [1.165, 1.54) is 64.2 Å². The predicted octanol–water partition coefficient (Wildman–Crippen LogP) is 10.2. The van der Waals surface area contributed by atoms with Crippen molar-refractivity contribution in [1.82, 2.24) is 10.2 Å². The monoisotopic (exact) mass is 550 g/mol. The maximum atomic E-state index is 5.27. The van der Waals surface area contributed by atoms with Crippen molar-refractivity contribution in [3.63, 3.8) is 0 Å². The molecule has 1 heterocycles. The highest BCUT2D eigenvalue weighted by atomic mass is 15.1. The molecule has 42 heavy (non-hydrogen) atoms. The molecule has 0 N–H and O–H groups in total. The third-order valence-corrected chi connectivity index (χ3v) is 9.16. The van der Waals surface area contributed by atoms with Gasteiger partial charge in [-0.25, -0.2) is 0 Å². The molecule has 2 aliphatic carbocycles. The fourth-order valence-corrected chi connectivity index (χ4v) is 7.03. The molecule has 0 saturated heterocycles. The molecule has 0 amide bonds. The molecular weight excluding hydrogens is 512 g/mol. The number of para-hydroxylation sites is 2. The van der Waals surface area contributed by atoms with Gasteiger partial charge in [0.05, 0.1) is 22.8 Å². The second-order valence-electron chi connectivity index (χ2n) is 11.9. The number of hydrogen-bond donors (Lipinski definition) is 0. The van der Waals surface area contributed by atoms with E-state index < -0.39 is 0 Å². The van der Waals surface area contributed by atoms with E-state index in [0.717, 1.165) is 55.7 Å². The molecule has 0 bridgehead atoms. The zero-order valence-electron chi connectivity index (χ0n) is 24.3. The Bertz CT molecular complexity index is 1600. The molecular formula is C38H38N4. The molecule has 5 aromatic rings. The number of aromatic nitrogens is 2. The molecule has 0 atom stereocenters. The number of benzene rings is 4. The van der Waals surface area contributed by atoms with Gasteiger partial charge in [-0.2, -0.15) is 0 Å². The summed E-state index contributed by atoms with van der Waals surface area (Å²) in [4.78, 5) is 10.5. The first-order chi connectivity index (χ1) is 20.8. The second-order valence-corrected chi connectivity index (χ2v) is 11.9.